The minimum absolute atomic E-state index is 0.415. The Morgan fingerprint density at radius 1 is 1.28 bits per heavy atom. The molecule has 1 amide bonds. The van der Waals surface area contributed by atoms with Gasteiger partial charge in [-0.05, 0) is 63.1 Å². The van der Waals surface area contributed by atoms with Gasteiger partial charge in [0.05, 0.1) is 11.0 Å². The second-order valence-corrected chi connectivity index (χ2v) is 11.2. The van der Waals surface area contributed by atoms with Gasteiger partial charge in [-0.15, -0.1) is 11.3 Å². The number of nitrogens with one attached hydrogen (secondary N) is 2. The van der Waals surface area contributed by atoms with Crippen molar-refractivity contribution in [1.29, 1.82) is 0 Å². The van der Waals surface area contributed by atoms with Gasteiger partial charge in [0.25, 0.3) is 0 Å². The number of anilines is 2. The quantitative estimate of drug-likeness (QED) is 0.224. The van der Waals surface area contributed by atoms with E-state index in [2.05, 4.69) is 52.9 Å². The van der Waals surface area contributed by atoms with E-state index in [0.29, 0.717) is 18.0 Å². The molecule has 32 heavy (non-hydrogen) atoms. The number of alkyl carbamates (subject to hydrolysis) is 1. The van der Waals surface area contributed by atoms with E-state index in [1.165, 1.54) is 0 Å². The Morgan fingerprint density at radius 2 is 2.09 bits per heavy atom. The van der Waals surface area contributed by atoms with Gasteiger partial charge in [-0.1, -0.05) is 11.6 Å². The van der Waals surface area contributed by atoms with Gasteiger partial charge in [-0.25, -0.2) is 9.78 Å². The molecule has 0 radical (unpaired) electrons. The van der Waals surface area contributed by atoms with Crippen LogP contribution in [0.5, 0.6) is 0 Å². The van der Waals surface area contributed by atoms with Crippen molar-refractivity contribution >= 4 is 92.0 Å². The fourth-order valence-corrected chi connectivity index (χ4v) is 5.98. The minimum atomic E-state index is -0.529. The van der Waals surface area contributed by atoms with Gasteiger partial charge in [0.15, 0.2) is 5.13 Å². The van der Waals surface area contributed by atoms with Gasteiger partial charge < -0.3 is 15.4 Å². The molecule has 4 rings (SSSR count). The molecule has 10 heteroatoms. The van der Waals surface area contributed by atoms with E-state index in [1.807, 2.05) is 44.4 Å². The largest absolute Gasteiger partial charge is 0.444 e. The molecular formula is C22H22ClIN4O2S2. The first kappa shape index (κ1) is 23.5. The molecule has 0 spiro atoms. The number of thiazole rings is 1. The van der Waals surface area contributed by atoms with Crippen molar-refractivity contribution in [2.24, 2.45) is 0 Å². The molecule has 4 aromatic rings. The number of amides is 1. The summed E-state index contributed by atoms with van der Waals surface area (Å²) < 4.78 is 7.57. The summed E-state index contributed by atoms with van der Waals surface area (Å²) in [5.74, 6) is 0. The lowest BCUT2D eigenvalue weighted by molar-refractivity contribution is 0.0528. The van der Waals surface area contributed by atoms with Gasteiger partial charge in [-0.2, -0.15) is 0 Å². The lowest BCUT2D eigenvalue weighted by Crippen LogP contribution is -2.33. The Hall–Kier alpha value is -1.69. The number of carbonyl (C=O) groups excluding carboxylic acids is 1. The average Bonchev–Trinajstić information content (AvgIpc) is 3.32. The molecule has 0 saturated carbocycles. The van der Waals surface area contributed by atoms with Crippen LogP contribution in [0.1, 0.15) is 26.3 Å². The highest BCUT2D eigenvalue weighted by atomic mass is 127. The Labute approximate surface area is 211 Å². The zero-order valence-electron chi connectivity index (χ0n) is 17.7. The van der Waals surface area contributed by atoms with Crippen LogP contribution in [0.25, 0.3) is 21.8 Å². The third-order valence-electron chi connectivity index (χ3n) is 4.67. The molecule has 2 heterocycles. The van der Waals surface area contributed by atoms with Gasteiger partial charge >= 0.3 is 6.09 Å². The number of halogens is 2. The number of aromatic nitrogens is 2. The number of ether oxygens (including phenoxy) is 1. The summed E-state index contributed by atoms with van der Waals surface area (Å²) >= 11 is 10.2. The molecule has 168 valence electrons. The highest BCUT2D eigenvalue weighted by Crippen LogP contribution is 2.39. The van der Waals surface area contributed by atoms with Crippen LogP contribution in [0.15, 0.2) is 41.9 Å². The maximum atomic E-state index is 12.1. The van der Waals surface area contributed by atoms with Gasteiger partial charge in [0.2, 0.25) is 0 Å². The fourth-order valence-electron chi connectivity index (χ4n) is 3.52. The molecule has 0 aliphatic rings. The zero-order valence-corrected chi connectivity index (χ0v) is 22.3. The van der Waals surface area contributed by atoms with Crippen molar-refractivity contribution < 1.29 is 9.53 Å². The lowest BCUT2D eigenvalue weighted by Gasteiger charge is -2.19. The Morgan fingerprint density at radius 3 is 2.78 bits per heavy atom. The fraction of sp³-hybridized carbons (Fsp3) is 0.273. The second-order valence-electron chi connectivity index (χ2n) is 8.20. The van der Waals surface area contributed by atoms with Crippen molar-refractivity contribution in [2.75, 3.05) is 11.9 Å². The first-order valence-electron chi connectivity index (χ1n) is 9.94. The van der Waals surface area contributed by atoms with E-state index in [1.54, 1.807) is 26.7 Å². The lowest BCUT2D eigenvalue weighted by atomic mass is 10.0. The number of nitrogens with zero attached hydrogens (tertiary/aromatic N) is 2. The standard InChI is InChI=1S/C22H22ClIN4O2S2/c1-22(2,3)30-21(29)26-7-6-13-10-15(27-20-25-8-9-31-20)12-17-16-11-14(23)4-5-18(16)28(32-24)19(13)17/h4-5,8-12H,6-7H2,1-3H3,(H,25,27)(H,26,29). The van der Waals surface area contributed by atoms with E-state index in [-0.39, 0.29) is 0 Å². The van der Waals surface area contributed by atoms with Gasteiger partial charge in [0.1, 0.15) is 5.60 Å². The summed E-state index contributed by atoms with van der Waals surface area (Å²) in [4.78, 5) is 16.5. The van der Waals surface area contributed by atoms with Gasteiger partial charge in [0, 0.05) is 69.9 Å². The van der Waals surface area contributed by atoms with Crippen molar-refractivity contribution in [3.05, 3.63) is 52.5 Å². The van der Waals surface area contributed by atoms with Crippen LogP contribution in [0, 0.1) is 0 Å². The van der Waals surface area contributed by atoms with Crippen LogP contribution in [-0.2, 0) is 11.2 Å². The molecular weight excluding hydrogens is 579 g/mol. The molecule has 0 atom stereocenters. The molecule has 6 nitrogen and oxygen atoms in total. The van der Waals surface area contributed by atoms with E-state index >= 15 is 0 Å². The number of fused-ring (bicyclic) bond motifs is 3. The topological polar surface area (TPSA) is 68.2 Å². The first-order valence-corrected chi connectivity index (χ1v) is 14.5. The molecule has 0 bridgehead atoms. The number of benzene rings is 2. The van der Waals surface area contributed by atoms with Crippen LogP contribution in [0.2, 0.25) is 5.02 Å². The van der Waals surface area contributed by atoms with E-state index in [9.17, 15) is 4.79 Å². The molecule has 0 saturated heterocycles. The van der Waals surface area contributed by atoms with Gasteiger partial charge in [-0.3, -0.25) is 3.97 Å². The molecule has 2 aromatic carbocycles. The van der Waals surface area contributed by atoms with Crippen LogP contribution >= 0.6 is 53.3 Å². The molecule has 0 unspecified atom stereocenters. The number of rotatable bonds is 6. The normalized spacial score (nSPS) is 11.8. The van der Waals surface area contributed by atoms with Crippen molar-refractivity contribution in [2.45, 2.75) is 32.8 Å². The summed E-state index contributed by atoms with van der Waals surface area (Å²) in [6.45, 7) is 6.01. The van der Waals surface area contributed by atoms with E-state index in [4.69, 9.17) is 16.3 Å². The van der Waals surface area contributed by atoms with Crippen LogP contribution < -0.4 is 10.6 Å². The second kappa shape index (κ2) is 9.66. The van der Waals surface area contributed by atoms with E-state index in [0.717, 1.165) is 38.2 Å². The summed E-state index contributed by atoms with van der Waals surface area (Å²) in [6, 6.07) is 10.2. The van der Waals surface area contributed by atoms with Crippen molar-refractivity contribution in [1.82, 2.24) is 14.3 Å². The molecule has 0 aliphatic heterocycles. The summed E-state index contributed by atoms with van der Waals surface area (Å²) in [5, 5.41) is 11.9. The number of hydrogen-bond acceptors (Lipinski definition) is 6. The molecule has 0 aliphatic carbocycles. The Kier molecular flexibility index (Phi) is 7.09. The summed E-state index contributed by atoms with van der Waals surface area (Å²) in [5.41, 5.74) is 3.72. The van der Waals surface area contributed by atoms with Crippen molar-refractivity contribution in [3.8, 4) is 0 Å². The summed E-state index contributed by atoms with van der Waals surface area (Å²) in [7, 11) is 1.61. The van der Waals surface area contributed by atoms with Crippen molar-refractivity contribution in [3.63, 3.8) is 0 Å². The monoisotopic (exact) mass is 600 g/mol. The minimum Gasteiger partial charge on any atom is -0.444 e. The zero-order chi connectivity index (χ0) is 22.9. The highest BCUT2D eigenvalue weighted by Gasteiger charge is 2.18. The summed E-state index contributed by atoms with van der Waals surface area (Å²) in [6.07, 6.45) is 2.00. The smallest absolute Gasteiger partial charge is 0.407 e. The predicted molar refractivity (Wildman–Crippen MR) is 145 cm³/mol. The highest BCUT2D eigenvalue weighted by molar-refractivity contribution is 14.2. The maximum Gasteiger partial charge on any atom is 0.407 e. The SMILES string of the molecule is CC(C)(C)OC(=O)NCCc1cc(Nc2nccs2)cc2c3cc(Cl)ccc3n(SI)c12. The number of hydrogen-bond donors (Lipinski definition) is 2. The first-order chi connectivity index (χ1) is 15.2. The third kappa shape index (κ3) is 5.27. The average molecular weight is 601 g/mol. The number of carbonyl (C=O) groups is 1. The molecule has 0 fully saturated rings. The Balaban J connectivity index is 1.74. The van der Waals surface area contributed by atoms with Crippen LogP contribution in [-0.4, -0.2) is 27.2 Å². The molecule has 2 aromatic heterocycles. The van der Waals surface area contributed by atoms with Crippen LogP contribution in [0.3, 0.4) is 0 Å². The molecule has 2 N–H and O–H groups in total. The predicted octanol–water partition coefficient (Wildman–Crippen LogP) is 7.56. The maximum absolute atomic E-state index is 12.1. The third-order valence-corrected chi connectivity index (χ3v) is 7.30. The Bertz CT molecular complexity index is 1270. The van der Waals surface area contributed by atoms with Crippen LogP contribution in [0.4, 0.5) is 15.6 Å². The van der Waals surface area contributed by atoms with E-state index < -0.39 is 11.7 Å².